The van der Waals surface area contributed by atoms with E-state index in [2.05, 4.69) is 31.9 Å². The number of benzene rings is 2. The Balaban J connectivity index is 0.000000271. The molecule has 0 aliphatic rings. The number of halogens is 11. The largest absolute Gasteiger partial charge is 0.477 e. The van der Waals surface area contributed by atoms with Crippen molar-refractivity contribution in [3.8, 4) is 0 Å². The van der Waals surface area contributed by atoms with Gasteiger partial charge in [-0.3, -0.25) is 0 Å². The van der Waals surface area contributed by atoms with Gasteiger partial charge in [0.25, 0.3) is 0 Å². The third-order valence-corrected chi connectivity index (χ3v) is 3.87. The van der Waals surface area contributed by atoms with Crippen LogP contribution in [0.1, 0.15) is 15.9 Å². The van der Waals surface area contributed by atoms with E-state index in [1.54, 1.807) is 0 Å². The molecule has 0 atom stereocenters. The van der Waals surface area contributed by atoms with Crippen LogP contribution in [0.2, 0.25) is 0 Å². The van der Waals surface area contributed by atoms with Crippen LogP contribution >= 0.6 is 31.9 Å². The minimum Gasteiger partial charge on any atom is -0.477 e. The van der Waals surface area contributed by atoms with Crippen LogP contribution < -0.4 is 0 Å². The lowest BCUT2D eigenvalue weighted by atomic mass is 10.2. The van der Waals surface area contributed by atoms with Crippen molar-refractivity contribution in [3.63, 3.8) is 0 Å². The van der Waals surface area contributed by atoms with Crippen molar-refractivity contribution in [2.24, 2.45) is 0 Å². The van der Waals surface area contributed by atoms with Crippen molar-refractivity contribution in [2.45, 2.75) is 6.18 Å². The molecule has 0 saturated heterocycles. The monoisotopic (exact) mass is 532 g/mol. The van der Waals surface area contributed by atoms with Gasteiger partial charge in [0.1, 0.15) is 11.1 Å². The van der Waals surface area contributed by atoms with Crippen molar-refractivity contribution in [2.75, 3.05) is 0 Å². The molecule has 0 fully saturated rings. The van der Waals surface area contributed by atoms with Gasteiger partial charge in [0.2, 0.25) is 0 Å². The molecule has 0 heterocycles. The average molecular weight is 534 g/mol. The first-order chi connectivity index (χ1) is 12.2. The Bertz CT molecular complexity index is 845. The Hall–Kier alpha value is -1.76. The molecule has 27 heavy (non-hydrogen) atoms. The molecule has 2 rings (SSSR count). The van der Waals surface area contributed by atoms with Gasteiger partial charge in [-0.15, -0.1) is 0 Å². The van der Waals surface area contributed by atoms with Crippen LogP contribution in [0.4, 0.5) is 39.5 Å². The number of carboxylic acids is 1. The molecule has 0 aliphatic heterocycles. The van der Waals surface area contributed by atoms with Crippen molar-refractivity contribution in [1.82, 2.24) is 0 Å². The van der Waals surface area contributed by atoms with Crippen LogP contribution in [-0.2, 0) is 6.18 Å². The number of hydrogen-bond donors (Lipinski definition) is 1. The van der Waals surface area contributed by atoms with E-state index in [0.717, 1.165) is 0 Å². The molecule has 0 spiro atoms. The zero-order chi connectivity index (χ0) is 21.3. The minimum absolute atomic E-state index is 0.292. The first-order valence-corrected chi connectivity index (χ1v) is 7.75. The molecule has 2 nitrogen and oxygen atoms in total. The van der Waals surface area contributed by atoms with Crippen molar-refractivity contribution < 1.29 is 49.4 Å². The van der Waals surface area contributed by atoms with E-state index in [0.29, 0.717) is 12.1 Å². The lowest BCUT2D eigenvalue weighted by molar-refractivity contribution is -0.142. The SMILES string of the molecule is Fc1cc(Br)c(F)c(C(F)(F)F)c1F.O=C(O)c1c(F)c(F)cc(Br)c1F. The topological polar surface area (TPSA) is 37.3 Å². The summed E-state index contributed by atoms with van der Waals surface area (Å²) in [5.74, 6) is -12.2. The maximum atomic E-state index is 12.9. The summed E-state index contributed by atoms with van der Waals surface area (Å²) in [6, 6.07) is 0.816. The van der Waals surface area contributed by atoms with Gasteiger partial charge >= 0.3 is 12.1 Å². The van der Waals surface area contributed by atoms with Gasteiger partial charge in [-0.1, -0.05) is 0 Å². The molecular formula is C14H3Br2F9O2. The van der Waals surface area contributed by atoms with Gasteiger partial charge in [-0.2, -0.15) is 13.2 Å². The highest BCUT2D eigenvalue weighted by molar-refractivity contribution is 9.10. The van der Waals surface area contributed by atoms with Gasteiger partial charge in [0.15, 0.2) is 34.9 Å². The lowest BCUT2D eigenvalue weighted by Crippen LogP contribution is -2.13. The predicted octanol–water partition coefficient (Wildman–Crippen LogP) is 6.45. The standard InChI is InChI=1S/C7HBrF6.C7H2BrF3O2/c8-2-1-3(9)6(11)4(5(2)10)7(12,13)14;8-2-1-3(9)6(11)4(5(2)10)7(12)13/h1H;1H,(H,12,13). The van der Waals surface area contributed by atoms with E-state index in [1.165, 1.54) is 0 Å². The second-order valence-corrected chi connectivity index (χ2v) is 6.20. The summed E-state index contributed by atoms with van der Waals surface area (Å²) in [6.07, 6.45) is -5.27. The summed E-state index contributed by atoms with van der Waals surface area (Å²) < 4.78 is 111. The summed E-state index contributed by atoms with van der Waals surface area (Å²) >= 11 is 4.90. The molecular weight excluding hydrogens is 531 g/mol. The summed E-state index contributed by atoms with van der Waals surface area (Å²) in [5.41, 5.74) is -3.53. The molecule has 0 saturated carbocycles. The Morgan fingerprint density at radius 3 is 1.59 bits per heavy atom. The first-order valence-electron chi connectivity index (χ1n) is 6.16. The first kappa shape index (κ1) is 23.3. The molecule has 0 aliphatic carbocycles. The molecule has 2 aromatic rings. The zero-order valence-electron chi connectivity index (χ0n) is 12.2. The summed E-state index contributed by atoms with van der Waals surface area (Å²) in [7, 11) is 0. The Kier molecular flexibility index (Phi) is 7.33. The van der Waals surface area contributed by atoms with E-state index in [9.17, 15) is 44.3 Å². The van der Waals surface area contributed by atoms with Crippen LogP contribution in [0.5, 0.6) is 0 Å². The number of rotatable bonds is 1. The molecule has 1 N–H and O–H groups in total. The van der Waals surface area contributed by atoms with Crippen molar-refractivity contribution >= 4 is 37.8 Å². The van der Waals surface area contributed by atoms with E-state index in [-0.39, 0.29) is 0 Å². The van der Waals surface area contributed by atoms with Gasteiger partial charge in [0, 0.05) is 0 Å². The number of carboxylic acid groups (broad SMARTS) is 1. The molecule has 0 amide bonds. The molecule has 2 aromatic carbocycles. The third kappa shape index (κ3) is 5.15. The Morgan fingerprint density at radius 1 is 0.778 bits per heavy atom. The van der Waals surface area contributed by atoms with Gasteiger partial charge in [-0.25, -0.2) is 31.1 Å². The quantitative estimate of drug-likeness (QED) is 0.338. The second-order valence-electron chi connectivity index (χ2n) is 4.49. The van der Waals surface area contributed by atoms with Crippen LogP contribution in [-0.4, -0.2) is 11.1 Å². The minimum atomic E-state index is -5.27. The molecule has 13 heteroatoms. The number of alkyl halides is 3. The maximum absolute atomic E-state index is 12.9. The molecule has 0 bridgehead atoms. The van der Waals surface area contributed by atoms with Gasteiger partial charge in [0.05, 0.1) is 8.95 Å². The summed E-state index contributed by atoms with van der Waals surface area (Å²) in [4.78, 5) is 10.3. The summed E-state index contributed by atoms with van der Waals surface area (Å²) in [5, 5.41) is 8.33. The number of aromatic carboxylic acids is 1. The fraction of sp³-hybridized carbons (Fsp3) is 0.0714. The number of carbonyl (C=O) groups is 1. The second kappa shape index (κ2) is 8.50. The third-order valence-electron chi connectivity index (χ3n) is 2.72. The van der Waals surface area contributed by atoms with Crippen LogP contribution in [0.3, 0.4) is 0 Å². The maximum Gasteiger partial charge on any atom is 0.422 e. The lowest BCUT2D eigenvalue weighted by Gasteiger charge is -2.10. The fourth-order valence-corrected chi connectivity index (χ4v) is 2.38. The van der Waals surface area contributed by atoms with Crippen LogP contribution in [0.15, 0.2) is 21.1 Å². The van der Waals surface area contributed by atoms with Crippen LogP contribution in [0, 0.1) is 34.9 Å². The smallest absolute Gasteiger partial charge is 0.422 e. The highest BCUT2D eigenvalue weighted by atomic mass is 79.9. The fourth-order valence-electron chi connectivity index (χ4n) is 1.58. The highest BCUT2D eigenvalue weighted by Crippen LogP contribution is 2.37. The average Bonchev–Trinajstić information content (AvgIpc) is 2.50. The Labute approximate surface area is 160 Å². The van der Waals surface area contributed by atoms with Gasteiger partial charge in [-0.05, 0) is 44.0 Å². The van der Waals surface area contributed by atoms with E-state index >= 15 is 0 Å². The van der Waals surface area contributed by atoms with Gasteiger partial charge < -0.3 is 5.11 Å². The van der Waals surface area contributed by atoms with E-state index in [4.69, 9.17) is 5.11 Å². The number of hydrogen-bond acceptors (Lipinski definition) is 1. The van der Waals surface area contributed by atoms with Crippen LogP contribution in [0.25, 0.3) is 0 Å². The zero-order valence-corrected chi connectivity index (χ0v) is 15.3. The summed E-state index contributed by atoms with van der Waals surface area (Å²) in [6.45, 7) is 0. The normalized spacial score (nSPS) is 11.1. The predicted molar refractivity (Wildman–Crippen MR) is 80.0 cm³/mol. The molecule has 0 radical (unpaired) electrons. The molecule has 0 unspecified atom stereocenters. The van der Waals surface area contributed by atoms with Crippen molar-refractivity contribution in [1.29, 1.82) is 0 Å². The van der Waals surface area contributed by atoms with E-state index < -0.39 is 67.1 Å². The molecule has 0 aromatic heterocycles. The Morgan fingerprint density at radius 2 is 1.19 bits per heavy atom. The molecule has 148 valence electrons. The van der Waals surface area contributed by atoms with E-state index in [1.807, 2.05) is 0 Å². The van der Waals surface area contributed by atoms with Crippen molar-refractivity contribution in [3.05, 3.63) is 67.1 Å². The highest BCUT2D eigenvalue weighted by Gasteiger charge is 2.40.